The molecular formula is C24H29NO4. The first-order valence-corrected chi connectivity index (χ1v) is 9.98. The van der Waals surface area contributed by atoms with Crippen molar-refractivity contribution < 1.29 is 19.0 Å². The molecule has 1 saturated heterocycles. The van der Waals surface area contributed by atoms with Crippen LogP contribution < -0.4 is 14.2 Å². The van der Waals surface area contributed by atoms with Gasteiger partial charge in [-0.2, -0.15) is 0 Å². The van der Waals surface area contributed by atoms with Crippen molar-refractivity contribution in [3.05, 3.63) is 59.2 Å². The van der Waals surface area contributed by atoms with Gasteiger partial charge in [-0.3, -0.25) is 9.69 Å². The van der Waals surface area contributed by atoms with Crippen molar-refractivity contribution in [3.8, 4) is 17.2 Å². The molecule has 0 atom stereocenters. The zero-order valence-corrected chi connectivity index (χ0v) is 17.4. The van der Waals surface area contributed by atoms with Gasteiger partial charge in [-0.15, -0.1) is 0 Å². The molecule has 29 heavy (non-hydrogen) atoms. The number of allylic oxidation sites excluding steroid dienone is 1. The summed E-state index contributed by atoms with van der Waals surface area (Å²) in [5.41, 5.74) is 2.59. The van der Waals surface area contributed by atoms with Crippen molar-refractivity contribution in [1.82, 2.24) is 4.90 Å². The molecule has 0 N–H and O–H groups in total. The minimum Gasteiger partial charge on any atom is -0.496 e. The fourth-order valence-corrected chi connectivity index (χ4v) is 3.64. The van der Waals surface area contributed by atoms with Crippen molar-refractivity contribution in [1.29, 1.82) is 0 Å². The van der Waals surface area contributed by atoms with Gasteiger partial charge in [0.1, 0.15) is 5.75 Å². The summed E-state index contributed by atoms with van der Waals surface area (Å²) >= 11 is 0. The van der Waals surface area contributed by atoms with Crippen molar-refractivity contribution >= 4 is 11.9 Å². The largest absolute Gasteiger partial charge is 0.496 e. The van der Waals surface area contributed by atoms with Crippen LogP contribution in [0.25, 0.3) is 6.08 Å². The van der Waals surface area contributed by atoms with Crippen LogP contribution in [0.4, 0.5) is 0 Å². The number of ether oxygens (including phenoxy) is 3. The molecule has 2 aromatic rings. The van der Waals surface area contributed by atoms with E-state index in [-0.39, 0.29) is 5.78 Å². The molecule has 2 aromatic carbocycles. The predicted molar refractivity (Wildman–Crippen MR) is 115 cm³/mol. The average molecular weight is 395 g/mol. The fourth-order valence-electron chi connectivity index (χ4n) is 3.64. The highest BCUT2D eigenvalue weighted by molar-refractivity contribution is 6.07. The van der Waals surface area contributed by atoms with Gasteiger partial charge in [-0.05, 0) is 67.9 Å². The van der Waals surface area contributed by atoms with Gasteiger partial charge in [0.25, 0.3) is 0 Å². The Labute approximate surface area is 172 Å². The van der Waals surface area contributed by atoms with Crippen molar-refractivity contribution in [3.63, 3.8) is 0 Å². The van der Waals surface area contributed by atoms with E-state index in [0.29, 0.717) is 17.1 Å². The van der Waals surface area contributed by atoms with Gasteiger partial charge in [0.2, 0.25) is 0 Å². The number of rotatable bonds is 8. The van der Waals surface area contributed by atoms with Gasteiger partial charge in [0, 0.05) is 17.7 Å². The van der Waals surface area contributed by atoms with Crippen LogP contribution in [0, 0.1) is 0 Å². The summed E-state index contributed by atoms with van der Waals surface area (Å²) in [5.74, 6) is 2.09. The number of benzene rings is 2. The Morgan fingerprint density at radius 2 is 1.59 bits per heavy atom. The number of likely N-dealkylation sites (tertiary alicyclic amines) is 1. The van der Waals surface area contributed by atoms with Gasteiger partial charge >= 0.3 is 0 Å². The zero-order valence-electron chi connectivity index (χ0n) is 17.4. The van der Waals surface area contributed by atoms with E-state index in [9.17, 15) is 4.79 Å². The normalized spacial score (nSPS) is 14.7. The molecule has 1 fully saturated rings. The summed E-state index contributed by atoms with van der Waals surface area (Å²) in [6.45, 7) is 3.00. The number of methoxy groups -OCH3 is 3. The minimum atomic E-state index is -0.0395. The number of ketones is 1. The summed E-state index contributed by atoms with van der Waals surface area (Å²) in [6, 6.07) is 11.2. The van der Waals surface area contributed by atoms with E-state index in [0.717, 1.165) is 36.5 Å². The quantitative estimate of drug-likeness (QED) is 0.483. The minimum absolute atomic E-state index is 0.0395. The topological polar surface area (TPSA) is 48.0 Å². The average Bonchev–Trinajstić information content (AvgIpc) is 2.77. The summed E-state index contributed by atoms with van der Waals surface area (Å²) in [5, 5.41) is 0. The summed E-state index contributed by atoms with van der Waals surface area (Å²) < 4.78 is 16.1. The van der Waals surface area contributed by atoms with E-state index in [1.807, 2.05) is 36.4 Å². The number of carbonyl (C=O) groups is 1. The van der Waals surface area contributed by atoms with Crippen LogP contribution >= 0.6 is 0 Å². The highest BCUT2D eigenvalue weighted by atomic mass is 16.5. The third-order valence-corrected chi connectivity index (χ3v) is 5.24. The van der Waals surface area contributed by atoms with E-state index < -0.39 is 0 Å². The van der Waals surface area contributed by atoms with Crippen LogP contribution in [0.5, 0.6) is 17.2 Å². The second-order valence-electron chi connectivity index (χ2n) is 7.18. The molecular weight excluding hydrogens is 366 g/mol. The Morgan fingerprint density at radius 1 is 0.897 bits per heavy atom. The molecule has 0 saturated carbocycles. The first-order valence-electron chi connectivity index (χ1n) is 9.98. The van der Waals surface area contributed by atoms with Gasteiger partial charge in [-0.25, -0.2) is 0 Å². The predicted octanol–water partition coefficient (Wildman–Crippen LogP) is 4.59. The lowest BCUT2D eigenvalue weighted by Gasteiger charge is -2.27. The van der Waals surface area contributed by atoms with Crippen molar-refractivity contribution in [2.75, 3.05) is 34.4 Å². The smallest absolute Gasteiger partial charge is 0.185 e. The lowest BCUT2D eigenvalue weighted by Crippen LogP contribution is -2.29. The highest BCUT2D eigenvalue weighted by Crippen LogP contribution is 2.28. The number of piperidine rings is 1. The standard InChI is InChI=1S/C24H29NO4/c1-27-22-12-9-19(16-20(22)17-25-13-5-4-6-14-25)21(26)10-7-18-8-11-23(28-2)24(15-18)29-3/h7-12,15-16H,4-6,13-14,17H2,1-3H3/b10-7+. The molecule has 1 aliphatic heterocycles. The SMILES string of the molecule is COc1ccc(C(=O)/C=C/c2ccc(OC)c(OC)c2)cc1CN1CCCCC1. The molecule has 154 valence electrons. The lowest BCUT2D eigenvalue weighted by molar-refractivity contribution is 0.104. The first kappa shape index (κ1) is 20.9. The van der Waals surface area contributed by atoms with E-state index in [1.165, 1.54) is 19.3 Å². The van der Waals surface area contributed by atoms with Crippen LogP contribution in [0.1, 0.15) is 40.7 Å². The van der Waals surface area contributed by atoms with E-state index >= 15 is 0 Å². The highest BCUT2D eigenvalue weighted by Gasteiger charge is 2.15. The lowest BCUT2D eigenvalue weighted by atomic mass is 10.0. The van der Waals surface area contributed by atoms with E-state index in [4.69, 9.17) is 14.2 Å². The first-order chi connectivity index (χ1) is 14.1. The molecule has 0 aromatic heterocycles. The maximum atomic E-state index is 12.7. The van der Waals surface area contributed by atoms with Crippen LogP contribution in [0.15, 0.2) is 42.5 Å². The van der Waals surface area contributed by atoms with Crippen LogP contribution in [0.2, 0.25) is 0 Å². The fraction of sp³-hybridized carbons (Fsp3) is 0.375. The Hall–Kier alpha value is -2.79. The second-order valence-corrected chi connectivity index (χ2v) is 7.18. The number of carbonyl (C=O) groups excluding carboxylic acids is 1. The third-order valence-electron chi connectivity index (χ3n) is 5.24. The maximum absolute atomic E-state index is 12.7. The number of hydrogen-bond donors (Lipinski definition) is 0. The number of hydrogen-bond acceptors (Lipinski definition) is 5. The Morgan fingerprint density at radius 3 is 2.28 bits per heavy atom. The Bertz CT molecular complexity index is 869. The van der Waals surface area contributed by atoms with Crippen LogP contribution in [-0.4, -0.2) is 45.1 Å². The maximum Gasteiger partial charge on any atom is 0.185 e. The molecule has 0 bridgehead atoms. The van der Waals surface area contributed by atoms with Crippen LogP contribution in [-0.2, 0) is 6.54 Å². The molecule has 0 unspecified atom stereocenters. The Balaban J connectivity index is 1.76. The van der Waals surface area contributed by atoms with Crippen molar-refractivity contribution in [2.24, 2.45) is 0 Å². The molecule has 3 rings (SSSR count). The molecule has 1 heterocycles. The van der Waals surface area contributed by atoms with E-state index in [2.05, 4.69) is 4.90 Å². The molecule has 0 spiro atoms. The molecule has 1 aliphatic rings. The summed E-state index contributed by atoms with van der Waals surface area (Å²) in [7, 11) is 4.87. The second kappa shape index (κ2) is 10.1. The van der Waals surface area contributed by atoms with Gasteiger partial charge < -0.3 is 14.2 Å². The molecule has 0 aliphatic carbocycles. The summed E-state index contributed by atoms with van der Waals surface area (Å²) in [6.07, 6.45) is 7.14. The monoisotopic (exact) mass is 395 g/mol. The van der Waals surface area contributed by atoms with Gasteiger partial charge in [-0.1, -0.05) is 18.6 Å². The molecule has 0 radical (unpaired) electrons. The van der Waals surface area contributed by atoms with Crippen molar-refractivity contribution in [2.45, 2.75) is 25.8 Å². The van der Waals surface area contributed by atoms with Crippen LogP contribution in [0.3, 0.4) is 0 Å². The molecule has 5 heteroatoms. The zero-order chi connectivity index (χ0) is 20.6. The molecule has 5 nitrogen and oxygen atoms in total. The summed E-state index contributed by atoms with van der Waals surface area (Å²) in [4.78, 5) is 15.2. The Kier molecular flexibility index (Phi) is 7.30. The van der Waals surface area contributed by atoms with E-state index in [1.54, 1.807) is 33.5 Å². The number of nitrogens with zero attached hydrogens (tertiary/aromatic N) is 1. The molecule has 0 amide bonds. The van der Waals surface area contributed by atoms with Gasteiger partial charge in [0.05, 0.1) is 21.3 Å². The third kappa shape index (κ3) is 5.39. The van der Waals surface area contributed by atoms with Gasteiger partial charge in [0.15, 0.2) is 17.3 Å².